The molecule has 0 aliphatic heterocycles. The fourth-order valence-electron chi connectivity index (χ4n) is 5.47. The fraction of sp³-hybridized carbons (Fsp3) is 0.667. The molecular formula is C21H29N3O3. The summed E-state index contributed by atoms with van der Waals surface area (Å²) in [6.45, 7) is 0. The molecule has 2 amide bonds. The van der Waals surface area contributed by atoms with Gasteiger partial charge in [0.05, 0.1) is 6.04 Å². The Balaban J connectivity index is 1.49. The number of hydrogen-bond donors (Lipinski definition) is 3. The first-order valence-corrected chi connectivity index (χ1v) is 10.4. The Labute approximate surface area is 159 Å². The molecule has 3 aliphatic carbocycles. The summed E-state index contributed by atoms with van der Waals surface area (Å²) >= 11 is 0. The Hall–Kier alpha value is -2.11. The number of amides is 2. The van der Waals surface area contributed by atoms with Gasteiger partial charge in [-0.05, 0) is 62.0 Å². The highest BCUT2D eigenvalue weighted by Gasteiger charge is 2.36. The number of pyridine rings is 1. The minimum atomic E-state index is -0.731. The van der Waals surface area contributed by atoms with Crippen molar-refractivity contribution in [3.63, 3.8) is 0 Å². The molecule has 1 aromatic rings. The predicted octanol–water partition coefficient (Wildman–Crippen LogP) is 2.57. The second-order valence-corrected chi connectivity index (χ2v) is 8.58. The van der Waals surface area contributed by atoms with Crippen molar-refractivity contribution in [3.05, 3.63) is 33.2 Å². The van der Waals surface area contributed by atoms with Crippen LogP contribution in [0.4, 0.5) is 0 Å². The number of nitrogens with one attached hydrogen (secondary N) is 2. The molecule has 146 valence electrons. The lowest BCUT2D eigenvalue weighted by molar-refractivity contribution is -0.128. The molecule has 4 N–H and O–H groups in total. The van der Waals surface area contributed by atoms with Gasteiger partial charge in [0.2, 0.25) is 5.91 Å². The highest BCUT2D eigenvalue weighted by atomic mass is 16.2. The fourth-order valence-corrected chi connectivity index (χ4v) is 5.47. The maximum atomic E-state index is 13.0. The number of aryl methyl sites for hydroxylation is 1. The summed E-state index contributed by atoms with van der Waals surface area (Å²) in [4.78, 5) is 39.3. The van der Waals surface area contributed by atoms with E-state index in [4.69, 9.17) is 5.73 Å². The van der Waals surface area contributed by atoms with E-state index in [0.717, 1.165) is 49.3 Å². The maximum Gasteiger partial charge on any atom is 0.261 e. The van der Waals surface area contributed by atoms with Gasteiger partial charge in [0.25, 0.3) is 11.5 Å². The van der Waals surface area contributed by atoms with Crippen molar-refractivity contribution in [2.75, 3.05) is 0 Å². The Kier molecular flexibility index (Phi) is 5.06. The summed E-state index contributed by atoms with van der Waals surface area (Å²) in [5.74, 6) is 1.02. The highest BCUT2D eigenvalue weighted by Crippen LogP contribution is 2.43. The zero-order chi connectivity index (χ0) is 19.0. The van der Waals surface area contributed by atoms with Crippen LogP contribution in [0, 0.1) is 17.8 Å². The number of fused-ring (bicyclic) bond motifs is 2. The average Bonchev–Trinajstić information content (AvgIpc) is 2.67. The zero-order valence-corrected chi connectivity index (χ0v) is 15.8. The van der Waals surface area contributed by atoms with E-state index < -0.39 is 11.5 Å². The van der Waals surface area contributed by atoms with Crippen LogP contribution in [0.1, 0.15) is 85.4 Å². The van der Waals surface area contributed by atoms with Crippen molar-refractivity contribution in [3.8, 4) is 0 Å². The van der Waals surface area contributed by atoms with Gasteiger partial charge in [-0.1, -0.05) is 25.7 Å². The minimum Gasteiger partial charge on any atom is -0.365 e. The van der Waals surface area contributed by atoms with Gasteiger partial charge in [-0.2, -0.15) is 0 Å². The number of nitrogens with two attached hydrogens (primary N) is 1. The summed E-state index contributed by atoms with van der Waals surface area (Å²) in [6.07, 6.45) is 10.9. The molecule has 6 nitrogen and oxygen atoms in total. The van der Waals surface area contributed by atoms with Crippen LogP contribution in [-0.2, 0) is 11.2 Å². The normalized spacial score (nSPS) is 30.1. The van der Waals surface area contributed by atoms with E-state index in [1.807, 2.05) is 0 Å². The number of primary amides is 1. The van der Waals surface area contributed by atoms with Gasteiger partial charge in [0, 0.05) is 11.6 Å². The van der Waals surface area contributed by atoms with Crippen LogP contribution in [0.5, 0.6) is 0 Å². The molecular weight excluding hydrogens is 342 g/mol. The van der Waals surface area contributed by atoms with E-state index >= 15 is 0 Å². The van der Waals surface area contributed by atoms with Crippen LogP contribution in [0.25, 0.3) is 0 Å². The van der Waals surface area contributed by atoms with Crippen molar-refractivity contribution >= 4 is 11.8 Å². The Morgan fingerprint density at radius 2 is 1.81 bits per heavy atom. The van der Waals surface area contributed by atoms with Crippen LogP contribution in [0.15, 0.2) is 10.9 Å². The quantitative estimate of drug-likeness (QED) is 0.760. The molecule has 4 rings (SSSR count). The van der Waals surface area contributed by atoms with Crippen molar-refractivity contribution in [2.24, 2.45) is 23.5 Å². The first kappa shape index (κ1) is 18.3. The van der Waals surface area contributed by atoms with Crippen LogP contribution >= 0.6 is 0 Å². The monoisotopic (exact) mass is 371 g/mol. The second-order valence-electron chi connectivity index (χ2n) is 8.58. The molecule has 0 aromatic carbocycles. The van der Waals surface area contributed by atoms with Crippen molar-refractivity contribution in [1.29, 1.82) is 0 Å². The van der Waals surface area contributed by atoms with Crippen molar-refractivity contribution in [1.82, 2.24) is 10.3 Å². The van der Waals surface area contributed by atoms with Crippen LogP contribution < -0.4 is 16.6 Å². The van der Waals surface area contributed by atoms with Crippen LogP contribution in [0.3, 0.4) is 0 Å². The molecule has 1 aromatic heterocycles. The number of hydrogen-bond acceptors (Lipinski definition) is 3. The van der Waals surface area contributed by atoms with Gasteiger partial charge < -0.3 is 16.0 Å². The van der Waals surface area contributed by atoms with E-state index in [9.17, 15) is 14.4 Å². The molecule has 1 heterocycles. The molecule has 0 spiro atoms. The maximum absolute atomic E-state index is 13.0. The third-order valence-corrected chi connectivity index (χ3v) is 6.94. The number of aromatic nitrogens is 1. The van der Waals surface area contributed by atoms with Gasteiger partial charge in [0.1, 0.15) is 5.56 Å². The first-order chi connectivity index (χ1) is 13.0. The summed E-state index contributed by atoms with van der Waals surface area (Å²) in [5, 5.41) is 3.21. The lowest BCUT2D eigenvalue weighted by atomic mass is 9.67. The zero-order valence-electron chi connectivity index (χ0n) is 15.8. The number of aromatic amines is 1. The van der Waals surface area contributed by atoms with E-state index in [-0.39, 0.29) is 23.4 Å². The SMILES string of the molecule is NC(=O)c1cc2c([nH]c1=O)CCCC2NC(=O)C1CCC2CCCCC2C1. The van der Waals surface area contributed by atoms with Crippen molar-refractivity contribution < 1.29 is 9.59 Å². The molecule has 4 atom stereocenters. The number of rotatable bonds is 3. The minimum absolute atomic E-state index is 0.0300. The number of carbonyl (C=O) groups is 2. The highest BCUT2D eigenvalue weighted by molar-refractivity contribution is 5.92. The standard InChI is InChI=1S/C21H29N3O3/c22-19(25)16-11-15-17(6-3-7-18(15)24-21(16)27)23-20(26)14-9-8-12-4-1-2-5-13(12)10-14/h11-14,17H,1-10H2,(H2,22,25)(H,23,26)(H,24,27). The summed E-state index contributed by atoms with van der Waals surface area (Å²) in [7, 11) is 0. The topological polar surface area (TPSA) is 105 Å². The van der Waals surface area contributed by atoms with Crippen LogP contribution in [-0.4, -0.2) is 16.8 Å². The molecule has 27 heavy (non-hydrogen) atoms. The third kappa shape index (κ3) is 3.66. The molecule has 2 fully saturated rings. The van der Waals surface area contributed by atoms with Gasteiger partial charge in [-0.3, -0.25) is 14.4 Å². The van der Waals surface area contributed by atoms with Gasteiger partial charge in [-0.15, -0.1) is 0 Å². The summed E-state index contributed by atoms with van der Waals surface area (Å²) in [5.41, 5.74) is 6.52. The number of H-pyrrole nitrogens is 1. The Morgan fingerprint density at radius 3 is 2.59 bits per heavy atom. The van der Waals surface area contributed by atoms with Crippen molar-refractivity contribution in [2.45, 2.75) is 70.3 Å². The van der Waals surface area contributed by atoms with E-state index in [2.05, 4.69) is 10.3 Å². The smallest absolute Gasteiger partial charge is 0.261 e. The van der Waals surface area contributed by atoms with Gasteiger partial charge >= 0.3 is 0 Å². The molecule has 6 heteroatoms. The van der Waals surface area contributed by atoms with Gasteiger partial charge in [-0.25, -0.2) is 0 Å². The van der Waals surface area contributed by atoms with E-state index in [1.54, 1.807) is 6.07 Å². The lowest BCUT2D eigenvalue weighted by Gasteiger charge is -2.39. The first-order valence-electron chi connectivity index (χ1n) is 10.4. The molecule has 2 saturated carbocycles. The predicted molar refractivity (Wildman–Crippen MR) is 102 cm³/mol. The molecule has 4 unspecified atom stereocenters. The van der Waals surface area contributed by atoms with E-state index in [0.29, 0.717) is 5.92 Å². The molecule has 0 radical (unpaired) electrons. The number of carbonyl (C=O) groups excluding carboxylic acids is 2. The van der Waals surface area contributed by atoms with Crippen LogP contribution in [0.2, 0.25) is 0 Å². The summed E-state index contributed by atoms with van der Waals surface area (Å²) in [6, 6.07) is 1.43. The lowest BCUT2D eigenvalue weighted by Crippen LogP contribution is -2.40. The largest absolute Gasteiger partial charge is 0.365 e. The summed E-state index contributed by atoms with van der Waals surface area (Å²) < 4.78 is 0. The molecule has 0 saturated heterocycles. The second kappa shape index (κ2) is 7.49. The van der Waals surface area contributed by atoms with E-state index in [1.165, 1.54) is 32.1 Å². The third-order valence-electron chi connectivity index (χ3n) is 6.94. The Bertz CT molecular complexity index is 800. The molecule has 3 aliphatic rings. The molecule has 0 bridgehead atoms. The van der Waals surface area contributed by atoms with Gasteiger partial charge in [0.15, 0.2) is 0 Å². The Morgan fingerprint density at radius 1 is 1.04 bits per heavy atom. The average molecular weight is 371 g/mol.